The van der Waals surface area contributed by atoms with E-state index in [-0.39, 0.29) is 28.5 Å². The van der Waals surface area contributed by atoms with Gasteiger partial charge in [-0.2, -0.15) is 9.55 Å². The van der Waals surface area contributed by atoms with Gasteiger partial charge in [-0.3, -0.25) is 4.79 Å². The number of rotatable bonds is 3. The molecular formula is C26H31N2O4+. The number of methoxy groups -OCH3 is 1. The first-order chi connectivity index (χ1) is 14.9. The van der Waals surface area contributed by atoms with E-state index in [1.165, 1.54) is 34.2 Å². The van der Waals surface area contributed by atoms with E-state index in [1.54, 1.807) is 13.2 Å². The Morgan fingerprint density at radius 2 is 1.69 bits per heavy atom. The number of carbonyl (C=O) groups excluding carboxylic acids is 1. The average molecular weight is 436 g/mol. The Hall–Kier alpha value is -3.28. The molecule has 2 aliphatic carbocycles. The highest BCUT2D eigenvalue weighted by Gasteiger charge is 2.38. The van der Waals surface area contributed by atoms with Gasteiger partial charge in [0.1, 0.15) is 12.0 Å². The number of hydrogen-bond donors (Lipinski definition) is 3. The second-order valence-corrected chi connectivity index (χ2v) is 10.1. The number of fused-ring (bicyclic) bond motifs is 1. The third-order valence-electron chi connectivity index (χ3n) is 6.84. The van der Waals surface area contributed by atoms with Crippen LogP contribution in [0.5, 0.6) is 11.9 Å². The van der Waals surface area contributed by atoms with Gasteiger partial charge in [0.05, 0.1) is 12.7 Å². The molecule has 0 aliphatic heterocycles. The second kappa shape index (κ2) is 7.40. The fraction of sp³-hybridized carbons (Fsp3) is 0.385. The van der Waals surface area contributed by atoms with Gasteiger partial charge in [0.25, 0.3) is 0 Å². The van der Waals surface area contributed by atoms with Crippen LogP contribution in [0.25, 0.3) is 11.8 Å². The van der Waals surface area contributed by atoms with Crippen molar-refractivity contribution in [3.63, 3.8) is 0 Å². The molecule has 0 saturated carbocycles. The van der Waals surface area contributed by atoms with Crippen LogP contribution in [0.15, 0.2) is 41.8 Å². The smallest absolute Gasteiger partial charge is 0.459 e. The topological polar surface area (TPSA) is 86.4 Å². The molecule has 6 heteroatoms. The lowest BCUT2D eigenvalue weighted by Gasteiger charge is -2.42. The van der Waals surface area contributed by atoms with Crippen LogP contribution in [-0.2, 0) is 20.4 Å². The predicted octanol–water partition coefficient (Wildman–Crippen LogP) is 4.41. The van der Waals surface area contributed by atoms with Crippen molar-refractivity contribution in [3.8, 4) is 11.9 Å². The normalized spacial score (nSPS) is 20.6. The van der Waals surface area contributed by atoms with E-state index >= 15 is 0 Å². The molecule has 6 nitrogen and oxygen atoms in total. The van der Waals surface area contributed by atoms with Gasteiger partial charge in [0, 0.05) is 11.6 Å². The first-order valence-electron chi connectivity index (χ1n) is 10.8. The Labute approximate surface area is 188 Å². The predicted molar refractivity (Wildman–Crippen MR) is 123 cm³/mol. The lowest BCUT2D eigenvalue weighted by Crippen LogP contribution is -2.34. The zero-order chi connectivity index (χ0) is 23.4. The third-order valence-corrected chi connectivity index (χ3v) is 6.84. The number of nitrogens with zero attached hydrogens (tertiary/aromatic N) is 1. The summed E-state index contributed by atoms with van der Waals surface area (Å²) in [5.41, 5.74) is 6.20. The first kappa shape index (κ1) is 21.9. The van der Waals surface area contributed by atoms with Gasteiger partial charge in [-0.05, 0) is 65.0 Å². The van der Waals surface area contributed by atoms with Crippen molar-refractivity contribution in [2.24, 2.45) is 0 Å². The number of nitrogens with one attached hydrogen (secondary N) is 1. The number of carbonyl (C=O) groups is 1. The quantitative estimate of drug-likeness (QED) is 0.492. The number of aromatic hydroxyl groups is 2. The molecule has 1 aromatic heterocycles. The minimum absolute atomic E-state index is 0.0538. The fourth-order valence-corrected chi connectivity index (χ4v) is 4.72. The lowest BCUT2D eigenvalue weighted by atomic mass is 9.62. The van der Waals surface area contributed by atoms with Crippen LogP contribution in [0, 0.1) is 6.92 Å². The molecule has 0 radical (unpaired) electrons. The molecule has 4 rings (SSSR count). The van der Waals surface area contributed by atoms with E-state index in [0.717, 1.165) is 29.5 Å². The van der Waals surface area contributed by atoms with E-state index in [4.69, 9.17) is 4.74 Å². The van der Waals surface area contributed by atoms with Crippen molar-refractivity contribution < 1.29 is 24.3 Å². The Bertz CT molecular complexity index is 1210. The summed E-state index contributed by atoms with van der Waals surface area (Å²) in [6.07, 6.45) is 8.29. The van der Waals surface area contributed by atoms with Crippen LogP contribution in [0.4, 0.5) is 0 Å². The molecule has 0 bridgehead atoms. The zero-order valence-corrected chi connectivity index (χ0v) is 19.5. The SMILES string of the molecule is COC1=CC(=O)C(=C[n+]2cc(O)[nH]c2O)C=C1c1cc2c(cc1C)C(C)(C)CCC2(C)C. The highest BCUT2D eigenvalue weighted by molar-refractivity contribution is 6.13. The Morgan fingerprint density at radius 3 is 2.25 bits per heavy atom. The molecule has 0 unspecified atom stereocenters. The van der Waals surface area contributed by atoms with Crippen LogP contribution in [-0.4, -0.2) is 28.1 Å². The number of ether oxygens (including phenoxy) is 1. The number of ketones is 1. The molecule has 168 valence electrons. The van der Waals surface area contributed by atoms with E-state index in [2.05, 4.69) is 51.7 Å². The molecule has 2 aromatic rings. The maximum absolute atomic E-state index is 12.7. The summed E-state index contributed by atoms with van der Waals surface area (Å²) >= 11 is 0. The summed E-state index contributed by atoms with van der Waals surface area (Å²) in [7, 11) is 1.56. The van der Waals surface area contributed by atoms with Crippen LogP contribution < -0.4 is 4.57 Å². The number of allylic oxidation sites excluding steroid dienone is 4. The summed E-state index contributed by atoms with van der Waals surface area (Å²) in [6.45, 7) is 11.3. The number of benzene rings is 1. The molecule has 0 fully saturated rings. The second-order valence-electron chi connectivity index (χ2n) is 10.1. The van der Waals surface area contributed by atoms with Gasteiger partial charge in [-0.25, -0.2) is 0 Å². The van der Waals surface area contributed by atoms with Gasteiger partial charge in [-0.15, -0.1) is 0 Å². The third kappa shape index (κ3) is 3.64. The number of hydrogen-bond acceptors (Lipinski definition) is 4. The molecular weight excluding hydrogens is 404 g/mol. The highest BCUT2D eigenvalue weighted by Crippen LogP contribution is 2.47. The van der Waals surface area contributed by atoms with Gasteiger partial charge in [0.15, 0.2) is 12.0 Å². The maximum Gasteiger partial charge on any atom is 0.459 e. The van der Waals surface area contributed by atoms with Gasteiger partial charge in [0.2, 0.25) is 0 Å². The highest BCUT2D eigenvalue weighted by atomic mass is 16.5. The fourth-order valence-electron chi connectivity index (χ4n) is 4.72. The van der Waals surface area contributed by atoms with Crippen molar-refractivity contribution in [2.45, 2.75) is 58.3 Å². The van der Waals surface area contributed by atoms with Crippen molar-refractivity contribution in [1.29, 1.82) is 0 Å². The number of H-pyrrole nitrogens is 1. The molecule has 0 atom stereocenters. The van der Waals surface area contributed by atoms with Gasteiger partial charge >= 0.3 is 11.9 Å². The molecule has 0 amide bonds. The summed E-state index contributed by atoms with van der Waals surface area (Å²) in [4.78, 5) is 15.1. The Kier molecular flexibility index (Phi) is 5.07. The number of aromatic amines is 1. The van der Waals surface area contributed by atoms with Crippen LogP contribution >= 0.6 is 0 Å². The first-order valence-corrected chi connectivity index (χ1v) is 10.8. The molecule has 3 N–H and O–H groups in total. The van der Waals surface area contributed by atoms with E-state index in [1.807, 2.05) is 0 Å². The van der Waals surface area contributed by atoms with Crippen molar-refractivity contribution in [2.75, 3.05) is 7.11 Å². The van der Waals surface area contributed by atoms with Crippen LogP contribution in [0.2, 0.25) is 0 Å². The molecule has 32 heavy (non-hydrogen) atoms. The van der Waals surface area contributed by atoms with Gasteiger partial charge in [-0.1, -0.05) is 33.8 Å². The molecule has 1 aromatic carbocycles. The summed E-state index contributed by atoms with van der Waals surface area (Å²) in [6, 6.07) is 4.27. The maximum atomic E-state index is 12.7. The van der Waals surface area contributed by atoms with Crippen molar-refractivity contribution >= 4 is 17.6 Å². The lowest BCUT2D eigenvalue weighted by molar-refractivity contribution is -0.576. The standard InChI is InChI=1S/C26H30N2O4/c1-15-9-19-20(26(4,5)8-7-25(19,2)3)11-17(15)18-10-16(21(29)12-22(18)32-6)13-28-14-23(30)27-24(28)31/h9-14H,7-8H2,1-6H3,(H2,27,30,31)/p+1. The number of aryl methyl sites for hydroxylation is 1. The van der Waals surface area contributed by atoms with E-state index < -0.39 is 0 Å². The summed E-state index contributed by atoms with van der Waals surface area (Å²) < 4.78 is 6.86. The Morgan fingerprint density at radius 1 is 1.06 bits per heavy atom. The molecule has 0 spiro atoms. The van der Waals surface area contributed by atoms with Crippen molar-refractivity contribution in [1.82, 2.24) is 4.98 Å². The number of aromatic nitrogens is 2. The molecule has 0 saturated heterocycles. The summed E-state index contributed by atoms with van der Waals surface area (Å²) in [5, 5.41) is 19.5. The minimum atomic E-state index is -0.270. The Balaban J connectivity index is 1.90. The minimum Gasteiger partial charge on any atom is -0.496 e. The number of imidazole rings is 1. The van der Waals surface area contributed by atoms with E-state index in [0.29, 0.717) is 11.3 Å². The van der Waals surface area contributed by atoms with Crippen molar-refractivity contribution in [3.05, 3.63) is 64.1 Å². The van der Waals surface area contributed by atoms with E-state index in [9.17, 15) is 15.0 Å². The monoisotopic (exact) mass is 435 g/mol. The van der Waals surface area contributed by atoms with Gasteiger partial charge < -0.3 is 14.9 Å². The van der Waals surface area contributed by atoms with Crippen LogP contribution in [0.3, 0.4) is 0 Å². The zero-order valence-electron chi connectivity index (χ0n) is 19.5. The molecule has 1 heterocycles. The summed E-state index contributed by atoms with van der Waals surface area (Å²) in [5.74, 6) is 0.0693. The average Bonchev–Trinajstić information content (AvgIpc) is 3.03. The molecule has 2 aliphatic rings. The largest absolute Gasteiger partial charge is 0.496 e. The van der Waals surface area contributed by atoms with Crippen LogP contribution in [0.1, 0.15) is 62.8 Å².